The molecule has 1 aliphatic rings. The number of thiophene rings is 1. The molecule has 1 saturated carbocycles. The maximum atomic E-state index is 13.3. The Hall–Kier alpha value is -1.40. The second-order valence-corrected chi connectivity index (χ2v) is 6.37. The highest BCUT2D eigenvalue weighted by Crippen LogP contribution is 2.43. The minimum atomic E-state index is -4.69. The molecule has 1 aromatic heterocycles. The number of rotatable bonds is 3. The van der Waals surface area contributed by atoms with Gasteiger partial charge in [-0.25, -0.2) is 4.39 Å². The maximum absolute atomic E-state index is 13.3. The Kier molecular flexibility index (Phi) is 3.53. The van der Waals surface area contributed by atoms with Gasteiger partial charge < -0.3 is 5.73 Å². The van der Waals surface area contributed by atoms with Crippen molar-refractivity contribution in [3.63, 3.8) is 0 Å². The quantitative estimate of drug-likeness (QED) is 0.794. The molecule has 0 saturated heterocycles. The fraction of sp³-hybridized carbons (Fsp3) is 0.333. The molecule has 1 heterocycles. The van der Waals surface area contributed by atoms with Crippen LogP contribution in [-0.2, 0) is 6.18 Å². The minimum Gasteiger partial charge on any atom is -0.323 e. The van der Waals surface area contributed by atoms with Gasteiger partial charge in [-0.05, 0) is 48.6 Å². The van der Waals surface area contributed by atoms with Crippen molar-refractivity contribution < 1.29 is 17.6 Å². The lowest BCUT2D eigenvalue weighted by Gasteiger charge is -2.09. The zero-order valence-corrected chi connectivity index (χ0v) is 11.8. The Balaban J connectivity index is 1.93. The van der Waals surface area contributed by atoms with Crippen molar-refractivity contribution in [1.29, 1.82) is 0 Å². The summed E-state index contributed by atoms with van der Waals surface area (Å²) < 4.78 is 51.5. The van der Waals surface area contributed by atoms with Crippen LogP contribution in [0.3, 0.4) is 0 Å². The molecule has 0 aliphatic heterocycles. The molecule has 2 aromatic rings. The Morgan fingerprint density at radius 3 is 2.48 bits per heavy atom. The molecule has 112 valence electrons. The highest BCUT2D eigenvalue weighted by atomic mass is 32.1. The van der Waals surface area contributed by atoms with E-state index in [1.165, 1.54) is 17.4 Å². The summed E-state index contributed by atoms with van der Waals surface area (Å²) in [5.74, 6) is -0.770. The predicted octanol–water partition coefficient (Wildman–Crippen LogP) is 4.98. The fourth-order valence-electron chi connectivity index (χ4n) is 2.27. The van der Waals surface area contributed by atoms with E-state index in [2.05, 4.69) is 0 Å². The number of halogens is 4. The summed E-state index contributed by atoms with van der Waals surface area (Å²) in [6, 6.07) is 6.62. The maximum Gasteiger partial charge on any atom is 0.419 e. The van der Waals surface area contributed by atoms with Gasteiger partial charge in [0.25, 0.3) is 0 Å². The van der Waals surface area contributed by atoms with Crippen LogP contribution in [0.2, 0.25) is 0 Å². The van der Waals surface area contributed by atoms with E-state index in [1.807, 2.05) is 6.07 Å². The zero-order valence-electron chi connectivity index (χ0n) is 11.0. The van der Waals surface area contributed by atoms with Crippen LogP contribution in [0, 0.1) is 11.7 Å². The number of benzene rings is 1. The summed E-state index contributed by atoms with van der Waals surface area (Å²) >= 11 is 1.37. The van der Waals surface area contributed by atoms with Crippen LogP contribution in [0.5, 0.6) is 0 Å². The van der Waals surface area contributed by atoms with E-state index >= 15 is 0 Å². The van der Waals surface area contributed by atoms with Crippen LogP contribution >= 0.6 is 11.3 Å². The second kappa shape index (κ2) is 5.10. The molecule has 2 N–H and O–H groups in total. The zero-order chi connectivity index (χ0) is 15.2. The molecule has 1 fully saturated rings. The molecule has 1 unspecified atom stereocenters. The fourth-order valence-corrected chi connectivity index (χ4v) is 3.37. The Bertz CT molecular complexity index is 658. The summed E-state index contributed by atoms with van der Waals surface area (Å²) in [7, 11) is 0. The van der Waals surface area contributed by atoms with Crippen LogP contribution in [0.15, 0.2) is 30.3 Å². The van der Waals surface area contributed by atoms with E-state index in [1.54, 1.807) is 6.07 Å². The van der Waals surface area contributed by atoms with Crippen molar-refractivity contribution in [3.8, 4) is 10.4 Å². The first-order chi connectivity index (χ1) is 9.86. The standard InChI is InChI=1S/C15H13F4NS/c16-11-4-3-9(7-10(11)15(17,18)19)12-5-6-13(21-12)14(20)8-1-2-8/h3-8,14H,1-2,20H2. The molecular formula is C15H13F4NS. The Labute approximate surface area is 123 Å². The third-order valence-corrected chi connectivity index (χ3v) is 4.88. The second-order valence-electron chi connectivity index (χ2n) is 5.26. The lowest BCUT2D eigenvalue weighted by atomic mass is 10.1. The van der Waals surface area contributed by atoms with E-state index in [-0.39, 0.29) is 6.04 Å². The van der Waals surface area contributed by atoms with E-state index in [9.17, 15) is 17.6 Å². The average molecular weight is 315 g/mol. The Morgan fingerprint density at radius 1 is 1.14 bits per heavy atom. The highest BCUT2D eigenvalue weighted by molar-refractivity contribution is 7.15. The molecule has 21 heavy (non-hydrogen) atoms. The first-order valence-corrected chi connectivity index (χ1v) is 7.40. The highest BCUT2D eigenvalue weighted by Gasteiger charge is 2.34. The topological polar surface area (TPSA) is 26.0 Å². The van der Waals surface area contributed by atoms with Gasteiger partial charge in [-0.2, -0.15) is 13.2 Å². The molecule has 6 heteroatoms. The van der Waals surface area contributed by atoms with Crippen LogP contribution in [-0.4, -0.2) is 0 Å². The van der Waals surface area contributed by atoms with Crippen molar-refractivity contribution in [1.82, 2.24) is 0 Å². The summed E-state index contributed by atoms with van der Waals surface area (Å²) in [5, 5.41) is 0. The summed E-state index contributed by atoms with van der Waals surface area (Å²) in [6.45, 7) is 0. The summed E-state index contributed by atoms with van der Waals surface area (Å²) in [5.41, 5.74) is 5.21. The SMILES string of the molecule is NC(c1ccc(-c2ccc(F)c(C(F)(F)F)c2)s1)C1CC1. The molecular weight excluding hydrogens is 302 g/mol. The monoisotopic (exact) mass is 315 g/mol. The molecule has 1 aliphatic carbocycles. The molecule has 3 rings (SSSR count). The van der Waals surface area contributed by atoms with Gasteiger partial charge in [0, 0.05) is 15.8 Å². The normalized spacial score (nSPS) is 17.0. The van der Waals surface area contributed by atoms with Gasteiger partial charge in [-0.15, -0.1) is 11.3 Å². The average Bonchev–Trinajstić information content (AvgIpc) is 3.15. The van der Waals surface area contributed by atoms with Crippen molar-refractivity contribution in [2.75, 3.05) is 0 Å². The lowest BCUT2D eigenvalue weighted by Crippen LogP contribution is -2.10. The van der Waals surface area contributed by atoms with Crippen molar-refractivity contribution >= 4 is 11.3 Å². The van der Waals surface area contributed by atoms with Gasteiger partial charge >= 0.3 is 6.18 Å². The van der Waals surface area contributed by atoms with Crippen molar-refractivity contribution in [2.24, 2.45) is 11.7 Å². The van der Waals surface area contributed by atoms with Gasteiger partial charge in [0.05, 0.1) is 5.56 Å². The predicted molar refractivity (Wildman–Crippen MR) is 74.4 cm³/mol. The van der Waals surface area contributed by atoms with E-state index in [0.29, 0.717) is 16.4 Å². The van der Waals surface area contributed by atoms with Gasteiger partial charge in [0.15, 0.2) is 0 Å². The number of alkyl halides is 3. The first kappa shape index (κ1) is 14.5. The van der Waals surface area contributed by atoms with Crippen LogP contribution in [0.25, 0.3) is 10.4 Å². The van der Waals surface area contributed by atoms with Crippen molar-refractivity contribution in [2.45, 2.75) is 25.1 Å². The Morgan fingerprint density at radius 2 is 1.86 bits per heavy atom. The lowest BCUT2D eigenvalue weighted by molar-refractivity contribution is -0.139. The largest absolute Gasteiger partial charge is 0.419 e. The number of hydrogen-bond donors (Lipinski definition) is 1. The van der Waals surface area contributed by atoms with E-state index in [0.717, 1.165) is 29.9 Å². The summed E-state index contributed by atoms with van der Waals surface area (Å²) in [4.78, 5) is 1.64. The van der Waals surface area contributed by atoms with Gasteiger partial charge in [0.1, 0.15) is 5.82 Å². The van der Waals surface area contributed by atoms with Crippen molar-refractivity contribution in [3.05, 3.63) is 46.6 Å². The third kappa shape index (κ3) is 2.96. The molecule has 1 nitrogen and oxygen atoms in total. The van der Waals surface area contributed by atoms with E-state index in [4.69, 9.17) is 5.73 Å². The molecule has 1 atom stereocenters. The molecule has 0 amide bonds. The molecule has 0 bridgehead atoms. The number of nitrogens with two attached hydrogens (primary N) is 1. The number of hydrogen-bond acceptors (Lipinski definition) is 2. The smallest absolute Gasteiger partial charge is 0.323 e. The summed E-state index contributed by atoms with van der Waals surface area (Å²) in [6.07, 6.45) is -2.49. The van der Waals surface area contributed by atoms with Gasteiger partial charge in [0.2, 0.25) is 0 Å². The molecule has 0 radical (unpaired) electrons. The van der Waals surface area contributed by atoms with E-state index < -0.39 is 17.6 Å². The van der Waals surface area contributed by atoms with Gasteiger partial charge in [-0.1, -0.05) is 6.07 Å². The van der Waals surface area contributed by atoms with Gasteiger partial charge in [-0.3, -0.25) is 0 Å². The van der Waals surface area contributed by atoms with Crippen LogP contribution < -0.4 is 5.73 Å². The van der Waals surface area contributed by atoms with Crippen LogP contribution in [0.4, 0.5) is 17.6 Å². The van der Waals surface area contributed by atoms with Crippen LogP contribution in [0.1, 0.15) is 29.3 Å². The minimum absolute atomic E-state index is 0.0497. The molecule has 0 spiro atoms. The molecule has 1 aromatic carbocycles. The third-order valence-electron chi connectivity index (χ3n) is 3.64. The first-order valence-electron chi connectivity index (χ1n) is 6.58.